The number of carbonyl (C=O) groups is 8. The lowest BCUT2D eigenvalue weighted by atomic mass is 10.00. The zero-order valence-electron chi connectivity index (χ0n) is 35.3. The molecule has 1 aliphatic rings. The molecular formula is C40H64N10O11. The molecule has 7 atom stereocenters. The number of guanidine groups is 1. The highest BCUT2D eigenvalue weighted by Gasteiger charge is 2.38. The molecule has 0 radical (unpaired) electrons. The maximum atomic E-state index is 14.0. The summed E-state index contributed by atoms with van der Waals surface area (Å²) in [6.07, 6.45) is 0.254. The fourth-order valence-electron chi connectivity index (χ4n) is 6.74. The monoisotopic (exact) mass is 860 g/mol. The van der Waals surface area contributed by atoms with E-state index >= 15 is 0 Å². The Morgan fingerprint density at radius 3 is 1.89 bits per heavy atom. The minimum absolute atomic E-state index is 0.0248. The number of aliphatic carboxylic acids is 2. The molecule has 2 rings (SSSR count). The Balaban J connectivity index is 2.32. The lowest BCUT2D eigenvalue weighted by Crippen LogP contribution is -2.60. The van der Waals surface area contributed by atoms with Crippen LogP contribution in [0.15, 0.2) is 35.3 Å². The van der Waals surface area contributed by atoms with E-state index < -0.39 is 109 Å². The van der Waals surface area contributed by atoms with Gasteiger partial charge in [-0.1, -0.05) is 58.0 Å². The van der Waals surface area contributed by atoms with Crippen molar-refractivity contribution < 1.29 is 53.7 Å². The third-order valence-electron chi connectivity index (χ3n) is 9.79. The Kier molecular flexibility index (Phi) is 21.6. The highest BCUT2D eigenvalue weighted by Crippen LogP contribution is 2.20. The SMILES string of the molecule is CC(C)C[C@H](NC(=O)[C@H](Cc1ccccc1)NC(=O)[C@H](CCC(=O)O)NC(=O)[C@H](CO)NC(=O)[C@@H]1CCCN1C(=O)[C@@H](N)CC(C)C)C(=O)N[C@@H](CCCN=C(N)N)C(=O)O. The third-order valence-corrected chi connectivity index (χ3v) is 9.79. The molecule has 21 nitrogen and oxygen atoms in total. The smallest absolute Gasteiger partial charge is 0.326 e. The standard InChI is InChI=1S/C40H64N10O11/c1-22(2)18-25(41)38(59)50-17-9-13-31(50)37(58)49-30(21-51)36(57)45-26(14-15-32(52)53)33(54)48-29(20-24-10-6-5-7-11-24)35(56)47-28(19-23(3)4)34(55)46-27(39(60)61)12-8-16-44-40(42)43/h5-7,10-11,22-23,25-31,51H,8-9,12-21,41H2,1-4H3,(H,45,57)(H,46,55)(H,47,56)(H,48,54)(H,49,58)(H,52,53)(H,60,61)(H4,42,43,44)/t25-,26-,27-,28-,29-,30-,31-/m0/s1. The Morgan fingerprint density at radius 1 is 0.754 bits per heavy atom. The second kappa shape index (κ2) is 25.7. The van der Waals surface area contributed by atoms with Crippen LogP contribution in [-0.2, 0) is 44.8 Å². The van der Waals surface area contributed by atoms with Gasteiger partial charge in [0, 0.05) is 25.9 Å². The quantitative estimate of drug-likeness (QED) is 0.0274. The molecule has 61 heavy (non-hydrogen) atoms. The molecule has 0 aromatic heterocycles. The fraction of sp³-hybridized carbons (Fsp3) is 0.625. The topological polar surface area (TPSA) is 351 Å². The van der Waals surface area contributed by atoms with Crippen molar-refractivity contribution in [3.05, 3.63) is 35.9 Å². The van der Waals surface area contributed by atoms with Gasteiger partial charge in [-0.2, -0.15) is 0 Å². The summed E-state index contributed by atoms with van der Waals surface area (Å²) in [6.45, 7) is 6.84. The molecule has 0 saturated carbocycles. The number of nitrogens with two attached hydrogens (primary N) is 3. The Bertz CT molecular complexity index is 1690. The number of aliphatic hydroxyl groups excluding tert-OH is 1. The first-order valence-corrected chi connectivity index (χ1v) is 20.5. The van der Waals surface area contributed by atoms with Crippen molar-refractivity contribution in [3.63, 3.8) is 0 Å². The van der Waals surface area contributed by atoms with Crippen LogP contribution in [0.1, 0.15) is 84.6 Å². The number of hydrogen-bond acceptors (Lipinski definition) is 11. The summed E-state index contributed by atoms with van der Waals surface area (Å²) in [4.78, 5) is 110. The summed E-state index contributed by atoms with van der Waals surface area (Å²) in [5.41, 5.74) is 17.3. The maximum absolute atomic E-state index is 14.0. The average Bonchev–Trinajstić information content (AvgIpc) is 3.68. The van der Waals surface area contributed by atoms with Crippen LogP contribution in [0.2, 0.25) is 0 Å². The van der Waals surface area contributed by atoms with Crippen LogP contribution in [0.3, 0.4) is 0 Å². The number of aliphatic imine (C=N–C) groups is 1. The first-order valence-electron chi connectivity index (χ1n) is 20.5. The second-order valence-corrected chi connectivity index (χ2v) is 16.0. The summed E-state index contributed by atoms with van der Waals surface area (Å²) >= 11 is 0. The Hall–Kier alpha value is -5.83. The first kappa shape index (κ1) is 51.3. The number of carbonyl (C=O) groups excluding carboxylic acids is 6. The molecule has 0 aliphatic carbocycles. The molecule has 0 spiro atoms. The molecule has 1 aliphatic heterocycles. The van der Waals surface area contributed by atoms with Crippen molar-refractivity contribution in [3.8, 4) is 0 Å². The van der Waals surface area contributed by atoms with E-state index in [4.69, 9.17) is 17.2 Å². The highest BCUT2D eigenvalue weighted by molar-refractivity contribution is 5.97. The van der Waals surface area contributed by atoms with E-state index in [-0.39, 0.29) is 63.0 Å². The highest BCUT2D eigenvalue weighted by atomic mass is 16.4. The van der Waals surface area contributed by atoms with Gasteiger partial charge in [-0.05, 0) is 62.3 Å². The summed E-state index contributed by atoms with van der Waals surface area (Å²) in [6, 6.07) is -0.538. The number of hydrogen-bond donors (Lipinski definition) is 11. The molecule has 14 N–H and O–H groups in total. The zero-order valence-corrected chi connectivity index (χ0v) is 35.3. The molecule has 1 aromatic carbocycles. The van der Waals surface area contributed by atoms with Gasteiger partial charge in [0.2, 0.25) is 35.4 Å². The van der Waals surface area contributed by atoms with Gasteiger partial charge < -0.3 is 64.0 Å². The van der Waals surface area contributed by atoms with E-state index in [2.05, 4.69) is 31.6 Å². The number of rotatable bonds is 26. The molecule has 1 aromatic rings. The molecule has 1 saturated heterocycles. The molecule has 6 amide bonds. The molecule has 1 fully saturated rings. The van der Waals surface area contributed by atoms with Crippen LogP contribution >= 0.6 is 0 Å². The van der Waals surface area contributed by atoms with Crippen LogP contribution < -0.4 is 43.8 Å². The van der Waals surface area contributed by atoms with Gasteiger partial charge in [0.25, 0.3) is 0 Å². The van der Waals surface area contributed by atoms with Crippen LogP contribution in [0.5, 0.6) is 0 Å². The normalized spacial score (nSPS) is 16.6. The second-order valence-electron chi connectivity index (χ2n) is 16.0. The van der Waals surface area contributed by atoms with E-state index in [1.54, 1.807) is 44.2 Å². The minimum atomic E-state index is -1.62. The van der Waals surface area contributed by atoms with Gasteiger partial charge in [-0.15, -0.1) is 0 Å². The number of nitrogens with zero attached hydrogens (tertiary/aromatic N) is 2. The van der Waals surface area contributed by atoms with E-state index in [1.807, 2.05) is 13.8 Å². The predicted octanol–water partition coefficient (Wildman–Crippen LogP) is -1.94. The van der Waals surface area contributed by atoms with E-state index in [0.717, 1.165) is 0 Å². The van der Waals surface area contributed by atoms with Crippen molar-refractivity contribution >= 4 is 53.3 Å². The predicted molar refractivity (Wildman–Crippen MR) is 223 cm³/mol. The number of benzene rings is 1. The maximum Gasteiger partial charge on any atom is 0.326 e. The lowest BCUT2D eigenvalue weighted by Gasteiger charge is -2.29. The van der Waals surface area contributed by atoms with E-state index in [9.17, 15) is 53.7 Å². The minimum Gasteiger partial charge on any atom is -0.481 e. The van der Waals surface area contributed by atoms with Crippen molar-refractivity contribution in [2.24, 2.45) is 34.0 Å². The fourth-order valence-corrected chi connectivity index (χ4v) is 6.74. The number of carboxylic acid groups (broad SMARTS) is 2. The van der Waals surface area contributed by atoms with Gasteiger partial charge in [0.15, 0.2) is 5.96 Å². The van der Waals surface area contributed by atoms with Gasteiger partial charge in [-0.25, -0.2) is 4.79 Å². The van der Waals surface area contributed by atoms with Crippen molar-refractivity contribution in [2.45, 2.75) is 128 Å². The van der Waals surface area contributed by atoms with Crippen LogP contribution in [0.4, 0.5) is 0 Å². The molecular weight excluding hydrogens is 796 g/mol. The van der Waals surface area contributed by atoms with Gasteiger partial charge in [-0.3, -0.25) is 38.6 Å². The van der Waals surface area contributed by atoms with Crippen molar-refractivity contribution in [1.82, 2.24) is 31.5 Å². The number of aliphatic hydroxyl groups is 1. The summed E-state index contributed by atoms with van der Waals surface area (Å²) < 4.78 is 0. The Labute approximate surface area is 355 Å². The number of carboxylic acids is 2. The van der Waals surface area contributed by atoms with Gasteiger partial charge in [0.1, 0.15) is 36.3 Å². The van der Waals surface area contributed by atoms with Gasteiger partial charge in [0.05, 0.1) is 12.6 Å². The molecule has 0 unspecified atom stereocenters. The lowest BCUT2D eigenvalue weighted by molar-refractivity contribution is -0.142. The number of amides is 6. The van der Waals surface area contributed by atoms with Crippen LogP contribution in [0, 0.1) is 11.8 Å². The summed E-state index contributed by atoms with van der Waals surface area (Å²) in [7, 11) is 0. The average molecular weight is 861 g/mol. The summed E-state index contributed by atoms with van der Waals surface area (Å²) in [5.74, 6) is -7.68. The molecule has 0 bridgehead atoms. The largest absolute Gasteiger partial charge is 0.481 e. The van der Waals surface area contributed by atoms with E-state index in [1.165, 1.54) is 4.90 Å². The molecule has 21 heteroatoms. The first-order chi connectivity index (χ1) is 28.7. The zero-order chi connectivity index (χ0) is 45.8. The van der Waals surface area contributed by atoms with Crippen LogP contribution in [0.25, 0.3) is 0 Å². The molecule has 340 valence electrons. The third kappa shape index (κ3) is 18.1. The Morgan fingerprint density at radius 2 is 1.31 bits per heavy atom. The summed E-state index contributed by atoms with van der Waals surface area (Å²) in [5, 5.41) is 41.8. The van der Waals surface area contributed by atoms with Crippen molar-refractivity contribution in [1.29, 1.82) is 0 Å². The van der Waals surface area contributed by atoms with Crippen LogP contribution in [-0.4, -0.2) is 136 Å². The van der Waals surface area contributed by atoms with Crippen molar-refractivity contribution in [2.75, 3.05) is 19.7 Å². The van der Waals surface area contributed by atoms with E-state index in [0.29, 0.717) is 18.4 Å². The van der Waals surface area contributed by atoms with Gasteiger partial charge >= 0.3 is 11.9 Å². The molecule has 1 heterocycles. The number of likely N-dealkylation sites (tertiary alicyclic amines) is 1. The number of nitrogens with one attached hydrogen (secondary N) is 5.